The molecule has 6 nitrogen and oxygen atoms in total. The Balaban J connectivity index is 2.16. The van der Waals surface area contributed by atoms with E-state index in [1.54, 1.807) is 14.0 Å². The van der Waals surface area contributed by atoms with Crippen molar-refractivity contribution < 1.29 is 19.1 Å². The summed E-state index contributed by atoms with van der Waals surface area (Å²) in [5.41, 5.74) is 0.846. The van der Waals surface area contributed by atoms with Gasteiger partial charge in [0.15, 0.2) is 0 Å². The first-order valence-corrected chi connectivity index (χ1v) is 7.69. The topological polar surface area (TPSA) is 83.6 Å². The van der Waals surface area contributed by atoms with E-state index in [0.717, 1.165) is 17.1 Å². The lowest BCUT2D eigenvalue weighted by molar-refractivity contribution is 0.0694. The summed E-state index contributed by atoms with van der Waals surface area (Å²) in [4.78, 5) is 29.9. The van der Waals surface area contributed by atoms with Crippen molar-refractivity contribution in [2.75, 3.05) is 7.05 Å². The zero-order valence-corrected chi connectivity index (χ0v) is 13.8. The Morgan fingerprint density at radius 3 is 2.59 bits per heavy atom. The molecule has 0 spiro atoms. The van der Waals surface area contributed by atoms with Gasteiger partial charge in [-0.3, -0.25) is 4.79 Å². The molecule has 0 radical (unpaired) electrons. The van der Waals surface area contributed by atoms with Crippen LogP contribution < -0.4 is 0 Å². The van der Waals surface area contributed by atoms with Crippen molar-refractivity contribution in [3.63, 3.8) is 0 Å². The number of aromatic carboxylic acids is 1. The molecule has 0 aliphatic rings. The molecule has 0 aliphatic carbocycles. The van der Waals surface area contributed by atoms with Gasteiger partial charge >= 0.3 is 5.97 Å². The van der Waals surface area contributed by atoms with Crippen molar-refractivity contribution in [2.24, 2.45) is 0 Å². The van der Waals surface area contributed by atoms with Gasteiger partial charge in [0, 0.05) is 7.05 Å². The maximum absolute atomic E-state index is 12.5. The fourth-order valence-corrected chi connectivity index (χ4v) is 3.11. The van der Waals surface area contributed by atoms with Gasteiger partial charge in [0.1, 0.15) is 22.0 Å². The molecule has 0 aliphatic heterocycles. The normalized spacial score (nSPS) is 10.7. The van der Waals surface area contributed by atoms with Crippen molar-refractivity contribution in [2.45, 2.75) is 33.7 Å². The molecule has 22 heavy (non-hydrogen) atoms. The van der Waals surface area contributed by atoms with Gasteiger partial charge in [0.25, 0.3) is 5.91 Å². The lowest BCUT2D eigenvalue weighted by Crippen LogP contribution is -2.25. The Morgan fingerprint density at radius 2 is 2.09 bits per heavy atom. The molecule has 2 heterocycles. The molecule has 1 N–H and O–H groups in total. The first-order valence-electron chi connectivity index (χ1n) is 6.87. The lowest BCUT2D eigenvalue weighted by Gasteiger charge is -2.14. The molecule has 0 aromatic carbocycles. The van der Waals surface area contributed by atoms with Gasteiger partial charge in [-0.1, -0.05) is 6.92 Å². The number of amides is 1. The van der Waals surface area contributed by atoms with Crippen LogP contribution in [-0.2, 0) is 13.0 Å². The number of carbonyl (C=O) groups excluding carboxylic acids is 1. The summed E-state index contributed by atoms with van der Waals surface area (Å²) >= 11 is 1.39. The van der Waals surface area contributed by atoms with Crippen LogP contribution in [0.1, 0.15) is 49.2 Å². The number of carboxylic acid groups (broad SMARTS) is 1. The first kappa shape index (κ1) is 16.2. The second kappa shape index (κ2) is 6.31. The van der Waals surface area contributed by atoms with Crippen LogP contribution in [0.4, 0.5) is 0 Å². The zero-order chi connectivity index (χ0) is 16.4. The minimum absolute atomic E-state index is 0.123. The summed E-state index contributed by atoms with van der Waals surface area (Å²) in [5, 5.41) is 9.95. The number of aromatic nitrogens is 1. The van der Waals surface area contributed by atoms with E-state index < -0.39 is 5.97 Å². The number of aryl methyl sites for hydroxylation is 3. The van der Waals surface area contributed by atoms with Gasteiger partial charge in [-0.2, -0.15) is 0 Å². The summed E-state index contributed by atoms with van der Waals surface area (Å²) in [6, 6.07) is 1.46. The van der Waals surface area contributed by atoms with Gasteiger partial charge in [0.05, 0.1) is 17.2 Å². The van der Waals surface area contributed by atoms with Crippen molar-refractivity contribution in [3.05, 3.63) is 38.7 Å². The SMILES string of the molecule is CCc1nc(C)c(C(=O)N(C)Cc2cc(C(=O)O)c(C)o2)s1. The number of carboxylic acids is 1. The third kappa shape index (κ3) is 3.19. The number of hydrogen-bond acceptors (Lipinski definition) is 5. The van der Waals surface area contributed by atoms with Gasteiger partial charge in [-0.25, -0.2) is 9.78 Å². The predicted octanol–water partition coefficient (Wildman–Crippen LogP) is 2.89. The molecular formula is C15H18N2O4S. The molecule has 2 aromatic rings. The van der Waals surface area contributed by atoms with Crippen LogP contribution in [0.15, 0.2) is 10.5 Å². The van der Waals surface area contributed by atoms with E-state index in [1.165, 1.54) is 22.3 Å². The highest BCUT2D eigenvalue weighted by Crippen LogP contribution is 2.22. The van der Waals surface area contributed by atoms with Crippen molar-refractivity contribution in [1.82, 2.24) is 9.88 Å². The van der Waals surface area contributed by atoms with E-state index in [4.69, 9.17) is 9.52 Å². The highest BCUT2D eigenvalue weighted by molar-refractivity contribution is 7.13. The fraction of sp³-hybridized carbons (Fsp3) is 0.400. The molecule has 0 fully saturated rings. The van der Waals surface area contributed by atoms with E-state index in [-0.39, 0.29) is 18.0 Å². The molecule has 0 saturated carbocycles. The van der Waals surface area contributed by atoms with Gasteiger partial charge in [-0.15, -0.1) is 11.3 Å². The van der Waals surface area contributed by atoms with Gasteiger partial charge < -0.3 is 14.4 Å². The molecule has 0 bridgehead atoms. The highest BCUT2D eigenvalue weighted by atomic mass is 32.1. The second-order valence-electron chi connectivity index (χ2n) is 5.02. The first-order chi connectivity index (χ1) is 10.3. The van der Waals surface area contributed by atoms with Gasteiger partial charge in [0.2, 0.25) is 0 Å². The highest BCUT2D eigenvalue weighted by Gasteiger charge is 2.21. The summed E-state index contributed by atoms with van der Waals surface area (Å²) in [5.74, 6) is -0.387. The number of rotatable bonds is 5. The third-order valence-electron chi connectivity index (χ3n) is 3.28. The van der Waals surface area contributed by atoms with Crippen LogP contribution in [0.2, 0.25) is 0 Å². The van der Waals surface area contributed by atoms with Crippen LogP contribution >= 0.6 is 11.3 Å². The Labute approximate surface area is 132 Å². The van der Waals surface area contributed by atoms with Crippen LogP contribution in [0, 0.1) is 13.8 Å². The summed E-state index contributed by atoms with van der Waals surface area (Å²) in [6.45, 7) is 5.62. The average molecular weight is 322 g/mol. The minimum atomic E-state index is -1.03. The van der Waals surface area contributed by atoms with E-state index in [0.29, 0.717) is 16.4 Å². The molecule has 2 rings (SSSR count). The number of hydrogen-bond donors (Lipinski definition) is 1. The van der Waals surface area contributed by atoms with Crippen LogP contribution in [0.3, 0.4) is 0 Å². The minimum Gasteiger partial charge on any atom is -0.478 e. The molecular weight excluding hydrogens is 304 g/mol. The lowest BCUT2D eigenvalue weighted by atomic mass is 10.2. The largest absolute Gasteiger partial charge is 0.478 e. The maximum atomic E-state index is 12.5. The van der Waals surface area contributed by atoms with Crippen LogP contribution in [-0.4, -0.2) is 33.9 Å². The Kier molecular flexibility index (Phi) is 4.65. The predicted molar refractivity (Wildman–Crippen MR) is 82.4 cm³/mol. The number of thiazole rings is 1. The molecule has 7 heteroatoms. The smallest absolute Gasteiger partial charge is 0.339 e. The maximum Gasteiger partial charge on any atom is 0.339 e. The molecule has 0 saturated heterocycles. The molecule has 1 amide bonds. The standard InChI is InChI=1S/C15H18N2O4S/c1-5-12-16-8(2)13(22-12)14(18)17(4)7-10-6-11(15(19)20)9(3)21-10/h6H,5,7H2,1-4H3,(H,19,20). The number of carbonyl (C=O) groups is 2. The molecule has 0 unspecified atom stereocenters. The van der Waals surface area contributed by atoms with Crippen LogP contribution in [0.5, 0.6) is 0 Å². The molecule has 2 aromatic heterocycles. The molecule has 118 valence electrons. The monoisotopic (exact) mass is 322 g/mol. The summed E-state index contributed by atoms with van der Waals surface area (Å²) in [7, 11) is 1.66. The van der Waals surface area contributed by atoms with E-state index in [9.17, 15) is 9.59 Å². The van der Waals surface area contributed by atoms with E-state index in [1.807, 2.05) is 13.8 Å². The van der Waals surface area contributed by atoms with Crippen molar-refractivity contribution >= 4 is 23.2 Å². The Bertz CT molecular complexity index is 717. The fourth-order valence-electron chi connectivity index (χ4n) is 2.11. The van der Waals surface area contributed by atoms with Gasteiger partial charge in [-0.05, 0) is 26.3 Å². The quantitative estimate of drug-likeness (QED) is 0.915. The third-order valence-corrected chi connectivity index (χ3v) is 4.57. The average Bonchev–Trinajstić information content (AvgIpc) is 3.00. The number of furan rings is 1. The Morgan fingerprint density at radius 1 is 1.41 bits per heavy atom. The molecule has 0 atom stereocenters. The van der Waals surface area contributed by atoms with Crippen molar-refractivity contribution in [1.29, 1.82) is 0 Å². The number of nitrogens with zero attached hydrogens (tertiary/aromatic N) is 2. The second-order valence-corrected chi connectivity index (χ2v) is 6.11. The van der Waals surface area contributed by atoms with Crippen molar-refractivity contribution in [3.8, 4) is 0 Å². The van der Waals surface area contributed by atoms with E-state index in [2.05, 4.69) is 4.98 Å². The summed E-state index contributed by atoms with van der Waals surface area (Å²) in [6.07, 6.45) is 0.794. The van der Waals surface area contributed by atoms with Crippen LogP contribution in [0.25, 0.3) is 0 Å². The van der Waals surface area contributed by atoms with E-state index >= 15 is 0 Å². The summed E-state index contributed by atoms with van der Waals surface area (Å²) < 4.78 is 5.40. The zero-order valence-electron chi connectivity index (χ0n) is 13.0. The Hall–Kier alpha value is -2.15.